The molecule has 0 aliphatic carbocycles. The first-order valence-corrected chi connectivity index (χ1v) is 7.13. The van der Waals surface area contributed by atoms with Crippen LogP contribution in [0.4, 0.5) is 10.1 Å². The number of benzene rings is 2. The summed E-state index contributed by atoms with van der Waals surface area (Å²) in [5, 5.41) is 0. The minimum atomic E-state index is -0.388. The molecular weight excluding hydrogens is 277 g/mol. The SMILES string of the molecule is COc1ccccc1OCCSc1ccc(N)c(F)c1. The number of nitrogen functional groups attached to an aromatic ring is 1. The summed E-state index contributed by atoms with van der Waals surface area (Å²) in [5.74, 6) is 1.73. The number of hydrogen-bond donors (Lipinski definition) is 1. The quantitative estimate of drug-likeness (QED) is 0.502. The number of anilines is 1. The summed E-state index contributed by atoms with van der Waals surface area (Å²) in [6, 6.07) is 12.3. The first-order chi connectivity index (χ1) is 9.70. The van der Waals surface area contributed by atoms with E-state index >= 15 is 0 Å². The van der Waals surface area contributed by atoms with Crippen LogP contribution in [-0.2, 0) is 0 Å². The van der Waals surface area contributed by atoms with E-state index in [1.807, 2.05) is 24.3 Å². The first kappa shape index (κ1) is 14.5. The van der Waals surface area contributed by atoms with Gasteiger partial charge in [0.1, 0.15) is 5.82 Å². The monoisotopic (exact) mass is 293 g/mol. The van der Waals surface area contributed by atoms with Gasteiger partial charge in [0.15, 0.2) is 11.5 Å². The van der Waals surface area contributed by atoms with E-state index in [0.29, 0.717) is 23.9 Å². The number of ether oxygens (including phenoxy) is 2. The number of nitrogens with two attached hydrogens (primary N) is 1. The molecule has 5 heteroatoms. The molecule has 0 heterocycles. The van der Waals surface area contributed by atoms with E-state index in [-0.39, 0.29) is 11.5 Å². The van der Waals surface area contributed by atoms with Crippen LogP contribution in [0, 0.1) is 5.82 Å². The van der Waals surface area contributed by atoms with Gasteiger partial charge in [-0.3, -0.25) is 0 Å². The van der Waals surface area contributed by atoms with Crippen molar-refractivity contribution in [3.8, 4) is 11.5 Å². The smallest absolute Gasteiger partial charge is 0.161 e. The number of thioether (sulfide) groups is 1. The molecule has 2 N–H and O–H groups in total. The molecule has 0 radical (unpaired) electrons. The topological polar surface area (TPSA) is 44.5 Å². The Bertz CT molecular complexity index is 578. The van der Waals surface area contributed by atoms with Crippen molar-refractivity contribution in [2.75, 3.05) is 25.2 Å². The van der Waals surface area contributed by atoms with Crippen LogP contribution in [0.15, 0.2) is 47.4 Å². The lowest BCUT2D eigenvalue weighted by atomic mass is 10.3. The van der Waals surface area contributed by atoms with Gasteiger partial charge in [-0.1, -0.05) is 12.1 Å². The third kappa shape index (κ3) is 3.81. The van der Waals surface area contributed by atoms with Gasteiger partial charge in [0.05, 0.1) is 19.4 Å². The number of rotatable bonds is 6. The second-order valence-corrected chi connectivity index (χ2v) is 5.20. The van der Waals surface area contributed by atoms with Gasteiger partial charge in [-0.2, -0.15) is 0 Å². The lowest BCUT2D eigenvalue weighted by Crippen LogP contribution is -2.01. The number of halogens is 1. The van der Waals surface area contributed by atoms with E-state index in [1.54, 1.807) is 19.2 Å². The minimum absolute atomic E-state index is 0.166. The van der Waals surface area contributed by atoms with Crippen LogP contribution < -0.4 is 15.2 Å². The molecule has 106 valence electrons. The van der Waals surface area contributed by atoms with E-state index in [1.165, 1.54) is 17.8 Å². The van der Waals surface area contributed by atoms with Gasteiger partial charge in [-0.25, -0.2) is 4.39 Å². The predicted octanol–water partition coefficient (Wildman–Crippen LogP) is 3.59. The molecule has 0 saturated heterocycles. The van der Waals surface area contributed by atoms with E-state index in [0.717, 1.165) is 4.90 Å². The van der Waals surface area contributed by atoms with E-state index in [4.69, 9.17) is 15.2 Å². The maximum Gasteiger partial charge on any atom is 0.161 e. The van der Waals surface area contributed by atoms with Crippen LogP contribution in [0.3, 0.4) is 0 Å². The first-order valence-electron chi connectivity index (χ1n) is 6.14. The Morgan fingerprint density at radius 2 is 1.90 bits per heavy atom. The molecule has 2 rings (SSSR count). The van der Waals surface area contributed by atoms with Gasteiger partial charge in [0.25, 0.3) is 0 Å². The summed E-state index contributed by atoms with van der Waals surface area (Å²) in [4.78, 5) is 0.834. The van der Waals surface area contributed by atoms with Crippen LogP contribution in [0.25, 0.3) is 0 Å². The largest absolute Gasteiger partial charge is 0.493 e. The van der Waals surface area contributed by atoms with E-state index in [2.05, 4.69) is 0 Å². The van der Waals surface area contributed by atoms with Gasteiger partial charge < -0.3 is 15.2 Å². The fourth-order valence-corrected chi connectivity index (χ4v) is 2.40. The Morgan fingerprint density at radius 3 is 2.60 bits per heavy atom. The van der Waals surface area contributed by atoms with Gasteiger partial charge in [0.2, 0.25) is 0 Å². The number of para-hydroxylation sites is 2. The fraction of sp³-hybridized carbons (Fsp3) is 0.200. The highest BCUT2D eigenvalue weighted by Crippen LogP contribution is 2.26. The third-order valence-electron chi connectivity index (χ3n) is 2.65. The van der Waals surface area contributed by atoms with Gasteiger partial charge >= 0.3 is 0 Å². The Kier molecular flexibility index (Phi) is 5.12. The highest BCUT2D eigenvalue weighted by atomic mass is 32.2. The Balaban J connectivity index is 1.83. The van der Waals surface area contributed by atoms with Crippen LogP contribution in [0.1, 0.15) is 0 Å². The molecule has 0 aliphatic heterocycles. The van der Waals surface area contributed by atoms with Crippen LogP contribution >= 0.6 is 11.8 Å². The van der Waals surface area contributed by atoms with Crippen molar-refractivity contribution >= 4 is 17.4 Å². The Labute approximate surface area is 121 Å². The second kappa shape index (κ2) is 7.05. The highest BCUT2D eigenvalue weighted by Gasteiger charge is 2.03. The third-order valence-corrected chi connectivity index (χ3v) is 3.61. The van der Waals surface area contributed by atoms with Crippen molar-refractivity contribution in [2.24, 2.45) is 0 Å². The van der Waals surface area contributed by atoms with Crippen LogP contribution in [0.2, 0.25) is 0 Å². The maximum absolute atomic E-state index is 13.3. The number of hydrogen-bond acceptors (Lipinski definition) is 4. The van der Waals surface area contributed by atoms with Crippen molar-refractivity contribution in [1.82, 2.24) is 0 Å². The predicted molar refractivity (Wildman–Crippen MR) is 80.0 cm³/mol. The Morgan fingerprint density at radius 1 is 1.15 bits per heavy atom. The molecule has 0 saturated carbocycles. The highest BCUT2D eigenvalue weighted by molar-refractivity contribution is 7.99. The molecule has 0 aliphatic rings. The zero-order valence-corrected chi connectivity index (χ0v) is 12.0. The summed E-state index contributed by atoms with van der Waals surface area (Å²) in [5.41, 5.74) is 5.59. The van der Waals surface area contributed by atoms with Crippen molar-refractivity contribution in [3.63, 3.8) is 0 Å². The second-order valence-electron chi connectivity index (χ2n) is 4.03. The lowest BCUT2D eigenvalue weighted by molar-refractivity contribution is 0.313. The van der Waals surface area contributed by atoms with E-state index in [9.17, 15) is 4.39 Å². The molecule has 20 heavy (non-hydrogen) atoms. The minimum Gasteiger partial charge on any atom is -0.493 e. The van der Waals surface area contributed by atoms with Crippen molar-refractivity contribution in [2.45, 2.75) is 4.90 Å². The van der Waals surface area contributed by atoms with Crippen molar-refractivity contribution in [1.29, 1.82) is 0 Å². The molecule has 0 unspecified atom stereocenters. The van der Waals surface area contributed by atoms with Gasteiger partial charge in [-0.05, 0) is 30.3 Å². The van der Waals surface area contributed by atoms with Crippen molar-refractivity contribution < 1.29 is 13.9 Å². The summed E-state index contributed by atoms with van der Waals surface area (Å²) in [7, 11) is 1.61. The molecule has 0 spiro atoms. The summed E-state index contributed by atoms with van der Waals surface area (Å²) in [6.45, 7) is 0.511. The summed E-state index contributed by atoms with van der Waals surface area (Å²) < 4.78 is 24.1. The fourth-order valence-electron chi connectivity index (χ4n) is 1.65. The van der Waals surface area contributed by atoms with E-state index < -0.39 is 0 Å². The average Bonchev–Trinajstić information content (AvgIpc) is 2.47. The number of methoxy groups -OCH3 is 1. The molecule has 0 atom stereocenters. The zero-order valence-electron chi connectivity index (χ0n) is 11.1. The van der Waals surface area contributed by atoms with Crippen LogP contribution in [-0.4, -0.2) is 19.5 Å². The average molecular weight is 293 g/mol. The molecule has 0 aromatic heterocycles. The molecule has 2 aromatic carbocycles. The molecule has 3 nitrogen and oxygen atoms in total. The molecule has 0 bridgehead atoms. The normalized spacial score (nSPS) is 10.3. The Hall–Kier alpha value is -1.88. The van der Waals surface area contributed by atoms with Crippen LogP contribution in [0.5, 0.6) is 11.5 Å². The van der Waals surface area contributed by atoms with Crippen molar-refractivity contribution in [3.05, 3.63) is 48.3 Å². The van der Waals surface area contributed by atoms with Gasteiger partial charge in [-0.15, -0.1) is 11.8 Å². The summed E-state index contributed by atoms with van der Waals surface area (Å²) in [6.07, 6.45) is 0. The summed E-state index contributed by atoms with van der Waals surface area (Å²) >= 11 is 1.51. The lowest BCUT2D eigenvalue weighted by Gasteiger charge is -2.10. The molecular formula is C15H16FNO2S. The zero-order chi connectivity index (χ0) is 14.4. The van der Waals surface area contributed by atoms with Gasteiger partial charge in [0, 0.05) is 10.6 Å². The standard InChI is InChI=1S/C15H16FNO2S/c1-18-14-4-2-3-5-15(14)19-8-9-20-11-6-7-13(17)12(16)10-11/h2-7,10H,8-9,17H2,1H3. The molecule has 2 aromatic rings. The molecule has 0 amide bonds. The maximum atomic E-state index is 13.3. The molecule has 0 fully saturated rings.